The van der Waals surface area contributed by atoms with E-state index in [9.17, 15) is 0 Å². The predicted molar refractivity (Wildman–Crippen MR) is 77.0 cm³/mol. The molecule has 0 fully saturated rings. The van der Waals surface area contributed by atoms with Gasteiger partial charge in [0.05, 0.1) is 12.1 Å². The summed E-state index contributed by atoms with van der Waals surface area (Å²) in [5, 5.41) is 0. The van der Waals surface area contributed by atoms with Gasteiger partial charge in [0.25, 0.3) is 0 Å². The number of fused-ring (bicyclic) bond motifs is 2. The molecule has 0 aliphatic heterocycles. The van der Waals surface area contributed by atoms with E-state index in [1.165, 1.54) is 11.1 Å². The van der Waals surface area contributed by atoms with Crippen molar-refractivity contribution in [1.82, 2.24) is 15.0 Å². The van der Waals surface area contributed by atoms with Crippen molar-refractivity contribution in [2.75, 3.05) is 6.61 Å². The Morgan fingerprint density at radius 1 is 1.20 bits per heavy atom. The molecular weight excluding hydrogens is 250 g/mol. The molecule has 3 aromatic rings. The molecule has 2 aromatic heterocycles. The third-order valence-corrected chi connectivity index (χ3v) is 3.82. The molecule has 1 N–H and O–H groups in total. The summed E-state index contributed by atoms with van der Waals surface area (Å²) in [6, 6.07) is 12.4. The standard InChI is InChI=1S/C16H15N3O/c1-2-20-14-8-7-13-16(18-14)19-15(17-13)12-9-10-5-3-4-6-11(10)12/h3-8,12H,2,9H2,1H3,(H,17,18,19). The summed E-state index contributed by atoms with van der Waals surface area (Å²) in [6.45, 7) is 2.57. The van der Waals surface area contributed by atoms with Crippen molar-refractivity contribution in [2.24, 2.45) is 0 Å². The molecule has 0 radical (unpaired) electrons. The lowest BCUT2D eigenvalue weighted by Crippen LogP contribution is -2.19. The Morgan fingerprint density at radius 2 is 2.10 bits per heavy atom. The summed E-state index contributed by atoms with van der Waals surface area (Å²) in [5.41, 5.74) is 4.49. The van der Waals surface area contributed by atoms with E-state index in [0.29, 0.717) is 18.4 Å². The van der Waals surface area contributed by atoms with Gasteiger partial charge in [-0.3, -0.25) is 0 Å². The zero-order valence-electron chi connectivity index (χ0n) is 11.3. The normalized spacial score (nSPS) is 16.8. The molecule has 1 atom stereocenters. The summed E-state index contributed by atoms with van der Waals surface area (Å²) < 4.78 is 5.42. The Labute approximate surface area is 116 Å². The van der Waals surface area contributed by atoms with E-state index >= 15 is 0 Å². The van der Waals surface area contributed by atoms with Crippen molar-refractivity contribution in [3.8, 4) is 5.88 Å². The first-order valence-electron chi connectivity index (χ1n) is 6.92. The van der Waals surface area contributed by atoms with Crippen molar-refractivity contribution in [2.45, 2.75) is 19.3 Å². The van der Waals surface area contributed by atoms with Crippen LogP contribution in [0.4, 0.5) is 0 Å². The van der Waals surface area contributed by atoms with Crippen molar-refractivity contribution in [1.29, 1.82) is 0 Å². The molecule has 2 heterocycles. The lowest BCUT2D eigenvalue weighted by Gasteiger charge is -2.28. The molecule has 1 unspecified atom stereocenters. The topological polar surface area (TPSA) is 50.8 Å². The second kappa shape index (κ2) is 4.34. The first kappa shape index (κ1) is 11.5. The van der Waals surface area contributed by atoms with Gasteiger partial charge < -0.3 is 9.72 Å². The number of nitrogens with one attached hydrogen (secondary N) is 1. The fourth-order valence-corrected chi connectivity index (χ4v) is 2.79. The second-order valence-electron chi connectivity index (χ2n) is 5.03. The molecule has 1 aromatic carbocycles. The van der Waals surface area contributed by atoms with E-state index in [1.54, 1.807) is 0 Å². The van der Waals surface area contributed by atoms with Gasteiger partial charge in [0, 0.05) is 12.0 Å². The highest BCUT2D eigenvalue weighted by molar-refractivity contribution is 5.71. The van der Waals surface area contributed by atoms with Crippen LogP contribution in [0.15, 0.2) is 36.4 Å². The summed E-state index contributed by atoms with van der Waals surface area (Å²) in [5.74, 6) is 2.00. The number of benzene rings is 1. The highest BCUT2D eigenvalue weighted by atomic mass is 16.5. The Morgan fingerprint density at radius 3 is 2.95 bits per heavy atom. The third kappa shape index (κ3) is 1.68. The van der Waals surface area contributed by atoms with E-state index in [0.717, 1.165) is 23.4 Å². The number of hydrogen-bond acceptors (Lipinski definition) is 3. The fraction of sp³-hybridized carbons (Fsp3) is 0.250. The molecule has 20 heavy (non-hydrogen) atoms. The fourth-order valence-electron chi connectivity index (χ4n) is 2.79. The Bertz CT molecular complexity index is 778. The van der Waals surface area contributed by atoms with Gasteiger partial charge in [-0.05, 0) is 30.5 Å². The quantitative estimate of drug-likeness (QED) is 0.792. The average molecular weight is 265 g/mol. The molecular formula is C16H15N3O. The highest BCUT2D eigenvalue weighted by Crippen LogP contribution is 2.39. The molecule has 0 spiro atoms. The van der Waals surface area contributed by atoms with Crippen LogP contribution in [0.5, 0.6) is 5.88 Å². The largest absolute Gasteiger partial charge is 0.478 e. The number of ether oxygens (including phenoxy) is 1. The predicted octanol–water partition coefficient (Wildman–Crippen LogP) is 3.04. The molecule has 1 aliphatic rings. The maximum Gasteiger partial charge on any atom is 0.215 e. The highest BCUT2D eigenvalue weighted by Gasteiger charge is 2.29. The number of pyridine rings is 1. The summed E-state index contributed by atoms with van der Waals surface area (Å²) in [6.07, 6.45) is 1.05. The van der Waals surface area contributed by atoms with Gasteiger partial charge in [-0.1, -0.05) is 24.3 Å². The smallest absolute Gasteiger partial charge is 0.215 e. The van der Waals surface area contributed by atoms with Crippen LogP contribution in [0, 0.1) is 0 Å². The Balaban J connectivity index is 1.72. The van der Waals surface area contributed by atoms with Gasteiger partial charge in [-0.15, -0.1) is 0 Å². The van der Waals surface area contributed by atoms with Gasteiger partial charge in [0.2, 0.25) is 5.88 Å². The van der Waals surface area contributed by atoms with Crippen LogP contribution in [0.3, 0.4) is 0 Å². The Kier molecular flexibility index (Phi) is 2.49. The van der Waals surface area contributed by atoms with Crippen LogP contribution in [0.1, 0.15) is 29.8 Å². The van der Waals surface area contributed by atoms with Gasteiger partial charge >= 0.3 is 0 Å². The molecule has 1 aliphatic carbocycles. The average Bonchev–Trinajstić information content (AvgIpc) is 2.83. The molecule has 0 saturated heterocycles. The number of hydrogen-bond donors (Lipinski definition) is 1. The maximum atomic E-state index is 5.42. The van der Waals surface area contributed by atoms with E-state index in [2.05, 4.69) is 39.2 Å². The lowest BCUT2D eigenvalue weighted by molar-refractivity contribution is 0.328. The second-order valence-corrected chi connectivity index (χ2v) is 5.03. The number of aromatic amines is 1. The summed E-state index contributed by atoms with van der Waals surface area (Å²) in [7, 11) is 0. The van der Waals surface area contributed by atoms with E-state index < -0.39 is 0 Å². The zero-order chi connectivity index (χ0) is 13.5. The van der Waals surface area contributed by atoms with Crippen molar-refractivity contribution in [3.63, 3.8) is 0 Å². The van der Waals surface area contributed by atoms with Crippen LogP contribution in [0.25, 0.3) is 11.2 Å². The monoisotopic (exact) mass is 265 g/mol. The number of imidazole rings is 1. The van der Waals surface area contributed by atoms with Crippen LogP contribution >= 0.6 is 0 Å². The van der Waals surface area contributed by atoms with Gasteiger partial charge in [0.15, 0.2) is 5.65 Å². The van der Waals surface area contributed by atoms with Crippen LogP contribution in [-0.4, -0.2) is 21.6 Å². The zero-order valence-corrected chi connectivity index (χ0v) is 11.3. The minimum atomic E-state index is 0.371. The SMILES string of the molecule is CCOc1ccc2[nH]c(C3Cc4ccccc43)nc2n1. The molecule has 0 saturated carbocycles. The molecule has 4 nitrogen and oxygen atoms in total. The number of rotatable bonds is 3. The molecule has 0 bridgehead atoms. The van der Waals surface area contributed by atoms with Crippen LogP contribution < -0.4 is 4.74 Å². The number of aromatic nitrogens is 3. The minimum Gasteiger partial charge on any atom is -0.478 e. The van der Waals surface area contributed by atoms with E-state index in [4.69, 9.17) is 4.74 Å². The Hall–Kier alpha value is -2.36. The van der Waals surface area contributed by atoms with Crippen LogP contribution in [-0.2, 0) is 6.42 Å². The number of H-pyrrole nitrogens is 1. The van der Waals surface area contributed by atoms with Crippen LogP contribution in [0.2, 0.25) is 0 Å². The molecule has 4 heteroatoms. The van der Waals surface area contributed by atoms with Crippen molar-refractivity contribution in [3.05, 3.63) is 53.3 Å². The molecule has 4 rings (SSSR count). The molecule has 100 valence electrons. The summed E-state index contributed by atoms with van der Waals surface area (Å²) in [4.78, 5) is 12.4. The first-order valence-corrected chi connectivity index (χ1v) is 6.92. The van der Waals surface area contributed by atoms with Gasteiger partial charge in [-0.25, -0.2) is 4.98 Å². The van der Waals surface area contributed by atoms with Crippen molar-refractivity contribution >= 4 is 11.2 Å². The summed E-state index contributed by atoms with van der Waals surface area (Å²) >= 11 is 0. The molecule has 0 amide bonds. The van der Waals surface area contributed by atoms with Gasteiger partial charge in [0.1, 0.15) is 5.82 Å². The lowest BCUT2D eigenvalue weighted by atomic mass is 9.77. The first-order chi connectivity index (χ1) is 9.85. The van der Waals surface area contributed by atoms with Gasteiger partial charge in [-0.2, -0.15) is 4.98 Å². The minimum absolute atomic E-state index is 0.371. The van der Waals surface area contributed by atoms with E-state index in [-0.39, 0.29) is 0 Å². The third-order valence-electron chi connectivity index (χ3n) is 3.82. The van der Waals surface area contributed by atoms with Crippen molar-refractivity contribution < 1.29 is 4.74 Å². The number of nitrogens with zero attached hydrogens (tertiary/aromatic N) is 2. The van der Waals surface area contributed by atoms with E-state index in [1.807, 2.05) is 19.1 Å². The maximum absolute atomic E-state index is 5.42.